The highest BCUT2D eigenvalue weighted by Crippen LogP contribution is 2.29. The van der Waals surface area contributed by atoms with Crippen molar-refractivity contribution in [2.24, 2.45) is 0 Å². The van der Waals surface area contributed by atoms with E-state index < -0.39 is 10.8 Å². The van der Waals surface area contributed by atoms with E-state index in [1.54, 1.807) is 0 Å². The largest absolute Gasteiger partial charge is 0.320 e. The molecule has 1 atom stereocenters. The smallest absolute Gasteiger partial charge is 0.207 e. The number of fused-ring (bicyclic) bond motifs is 1. The normalized spacial score (nSPS) is 20.8. The Labute approximate surface area is 61.5 Å². The minimum Gasteiger partial charge on any atom is -0.320 e. The third kappa shape index (κ3) is 0.463. The summed E-state index contributed by atoms with van der Waals surface area (Å²) in [5, 5.41) is 1.52. The van der Waals surface area contributed by atoms with E-state index in [-0.39, 0.29) is 0 Å². The molecule has 2 aliphatic rings. The molecule has 4 heteroatoms. The molecule has 1 aromatic heterocycles. The lowest BCUT2D eigenvalue weighted by Crippen LogP contribution is -2.06. The maximum Gasteiger partial charge on any atom is 0.207 e. The quantitative estimate of drug-likeness (QED) is 0.609. The van der Waals surface area contributed by atoms with Crippen LogP contribution in [0.15, 0.2) is 10.2 Å². The molecule has 0 aromatic carbocycles. The van der Waals surface area contributed by atoms with Gasteiger partial charge in [-0.05, 0) is 13.8 Å². The maximum atomic E-state index is 11.1. The van der Waals surface area contributed by atoms with Crippen molar-refractivity contribution >= 4 is 10.8 Å². The summed E-state index contributed by atoms with van der Waals surface area (Å²) in [4.78, 5) is 4.07. The lowest BCUT2D eigenvalue weighted by molar-refractivity contribution is 0.627. The Hall–Kier alpha value is -0.640. The van der Waals surface area contributed by atoms with E-state index in [1.165, 1.54) is 0 Å². The molecular formula is C6H8N2OS. The molecule has 3 heterocycles. The molecular weight excluding hydrogens is 148 g/mol. The van der Waals surface area contributed by atoms with Crippen LogP contribution in [0.25, 0.3) is 0 Å². The van der Waals surface area contributed by atoms with Crippen LogP contribution in [-0.4, -0.2) is 13.8 Å². The average Bonchev–Trinajstić information content (AvgIpc) is 2.36. The molecule has 0 saturated heterocycles. The minimum atomic E-state index is -0.875. The molecule has 0 fully saturated rings. The molecule has 3 rings (SSSR count). The summed E-state index contributed by atoms with van der Waals surface area (Å²) in [6.07, 6.45) is 0. The first-order valence-corrected chi connectivity index (χ1v) is 4.39. The third-order valence-corrected chi connectivity index (χ3v) is 3.18. The number of nitrogens with zero attached hydrogens (tertiary/aromatic N) is 2. The van der Waals surface area contributed by atoms with E-state index in [4.69, 9.17) is 0 Å². The number of hydrogen-bond acceptors (Lipinski definition) is 2. The van der Waals surface area contributed by atoms with Crippen molar-refractivity contribution in [3.8, 4) is 0 Å². The number of rotatable bonds is 1. The van der Waals surface area contributed by atoms with Crippen LogP contribution in [0.5, 0.6) is 0 Å². The zero-order valence-corrected chi connectivity index (χ0v) is 6.73. The fourth-order valence-electron chi connectivity index (χ4n) is 1.22. The second kappa shape index (κ2) is 1.69. The van der Waals surface area contributed by atoms with Crippen LogP contribution in [0.1, 0.15) is 12.6 Å². The number of hydrogen-bond donors (Lipinski definition) is 0. The summed E-state index contributed by atoms with van der Waals surface area (Å²) >= 11 is 0. The van der Waals surface area contributed by atoms with E-state index in [2.05, 4.69) is 4.98 Å². The fraction of sp³-hybridized carbons (Fsp3) is 0.500. The SMILES string of the molecule is CCn1c2nc(c1C)S2=O. The van der Waals surface area contributed by atoms with Gasteiger partial charge in [-0.2, -0.15) is 0 Å². The summed E-state index contributed by atoms with van der Waals surface area (Å²) in [6.45, 7) is 4.87. The van der Waals surface area contributed by atoms with Gasteiger partial charge < -0.3 is 4.57 Å². The summed E-state index contributed by atoms with van der Waals surface area (Å²) in [6, 6.07) is 0. The minimum absolute atomic E-state index is 0.745. The van der Waals surface area contributed by atoms with Gasteiger partial charge in [0.15, 0.2) is 5.03 Å². The summed E-state index contributed by atoms with van der Waals surface area (Å²) in [7, 11) is -0.875. The molecule has 0 aliphatic carbocycles. The van der Waals surface area contributed by atoms with Gasteiger partial charge in [-0.1, -0.05) is 0 Å². The number of imidazole rings is 1. The predicted molar refractivity (Wildman–Crippen MR) is 37.3 cm³/mol. The molecule has 54 valence electrons. The molecule has 1 aromatic rings. The highest BCUT2D eigenvalue weighted by molar-refractivity contribution is 7.86. The van der Waals surface area contributed by atoms with Gasteiger partial charge in [0.1, 0.15) is 10.8 Å². The Kier molecular flexibility index (Phi) is 1.03. The van der Waals surface area contributed by atoms with Crippen LogP contribution in [0.3, 0.4) is 0 Å². The molecule has 2 aliphatic heterocycles. The second-order valence-corrected chi connectivity index (χ2v) is 3.59. The first kappa shape index (κ1) is 6.09. The van der Waals surface area contributed by atoms with Crippen LogP contribution in [0.2, 0.25) is 0 Å². The Bertz CT molecular complexity index is 316. The second-order valence-electron chi connectivity index (χ2n) is 2.30. The van der Waals surface area contributed by atoms with Crippen molar-refractivity contribution in [3.05, 3.63) is 5.69 Å². The van der Waals surface area contributed by atoms with E-state index in [1.807, 2.05) is 18.4 Å². The maximum absolute atomic E-state index is 11.1. The van der Waals surface area contributed by atoms with Gasteiger partial charge in [-0.15, -0.1) is 0 Å². The Morgan fingerprint density at radius 1 is 1.70 bits per heavy atom. The van der Waals surface area contributed by atoms with Gasteiger partial charge >= 0.3 is 0 Å². The summed E-state index contributed by atoms with van der Waals surface area (Å²) < 4.78 is 13.1. The van der Waals surface area contributed by atoms with Crippen molar-refractivity contribution in [2.45, 2.75) is 30.6 Å². The molecule has 0 saturated carbocycles. The highest BCUT2D eigenvalue weighted by atomic mass is 32.2. The van der Waals surface area contributed by atoms with Crippen molar-refractivity contribution in [1.82, 2.24) is 9.55 Å². The van der Waals surface area contributed by atoms with Gasteiger partial charge in [0.05, 0.1) is 5.69 Å². The predicted octanol–water partition coefficient (Wildman–Crippen LogP) is 0.692. The summed E-state index contributed by atoms with van der Waals surface area (Å²) in [5.41, 5.74) is 1.07. The van der Waals surface area contributed by atoms with Gasteiger partial charge in [0, 0.05) is 6.54 Å². The monoisotopic (exact) mass is 156 g/mol. The van der Waals surface area contributed by atoms with Gasteiger partial charge in [-0.25, -0.2) is 9.19 Å². The van der Waals surface area contributed by atoms with Crippen molar-refractivity contribution in [2.75, 3.05) is 0 Å². The molecule has 0 amide bonds. The molecule has 2 bridgehead atoms. The Morgan fingerprint density at radius 3 is 2.60 bits per heavy atom. The zero-order valence-electron chi connectivity index (χ0n) is 5.92. The lowest BCUT2D eigenvalue weighted by atomic mass is 10.5. The molecule has 0 spiro atoms. The van der Waals surface area contributed by atoms with E-state index in [9.17, 15) is 4.21 Å². The highest BCUT2D eigenvalue weighted by Gasteiger charge is 2.31. The molecule has 3 nitrogen and oxygen atoms in total. The third-order valence-electron chi connectivity index (χ3n) is 1.80. The van der Waals surface area contributed by atoms with Crippen molar-refractivity contribution < 1.29 is 4.21 Å². The van der Waals surface area contributed by atoms with Gasteiger partial charge in [-0.3, -0.25) is 0 Å². The molecule has 0 N–H and O–H groups in total. The fourth-order valence-corrected chi connectivity index (χ4v) is 2.45. The topological polar surface area (TPSA) is 34.9 Å². The van der Waals surface area contributed by atoms with E-state index in [0.717, 1.165) is 22.4 Å². The van der Waals surface area contributed by atoms with Crippen LogP contribution >= 0.6 is 0 Å². The first-order valence-electron chi connectivity index (χ1n) is 3.24. The van der Waals surface area contributed by atoms with Crippen LogP contribution in [-0.2, 0) is 17.3 Å². The molecule has 0 radical (unpaired) electrons. The van der Waals surface area contributed by atoms with Crippen LogP contribution < -0.4 is 0 Å². The zero-order chi connectivity index (χ0) is 7.30. The summed E-state index contributed by atoms with van der Waals surface area (Å²) in [5.74, 6) is 0. The molecule has 10 heavy (non-hydrogen) atoms. The standard InChI is InChI=1S/C6H8N2OS/c1-3-8-4(2)5-7-6(8)10(5)9/h3H2,1-2H3. The van der Waals surface area contributed by atoms with Crippen molar-refractivity contribution in [1.29, 1.82) is 0 Å². The van der Waals surface area contributed by atoms with E-state index in [0.29, 0.717) is 0 Å². The van der Waals surface area contributed by atoms with Crippen molar-refractivity contribution in [3.63, 3.8) is 0 Å². The van der Waals surface area contributed by atoms with Gasteiger partial charge in [0.2, 0.25) is 5.16 Å². The lowest BCUT2D eigenvalue weighted by Gasteiger charge is -2.01. The Balaban J connectivity index is 2.66. The van der Waals surface area contributed by atoms with E-state index >= 15 is 0 Å². The average molecular weight is 156 g/mol. The Morgan fingerprint density at radius 2 is 2.40 bits per heavy atom. The van der Waals surface area contributed by atoms with Gasteiger partial charge in [0.25, 0.3) is 0 Å². The van der Waals surface area contributed by atoms with Crippen LogP contribution in [0.4, 0.5) is 0 Å². The van der Waals surface area contributed by atoms with Crippen LogP contribution in [0, 0.1) is 6.92 Å². The molecule has 1 unspecified atom stereocenters. The number of aromatic nitrogens is 2. The first-order chi connectivity index (χ1) is 4.75.